The molecule has 0 amide bonds. The number of allylic oxidation sites excluding steroid dienone is 9. The second-order valence-corrected chi connectivity index (χ2v) is 11.8. The van der Waals surface area contributed by atoms with Crippen molar-refractivity contribution in [2.45, 2.75) is 92.0 Å². The summed E-state index contributed by atoms with van der Waals surface area (Å²) in [6, 6.07) is 0. The second-order valence-electron chi connectivity index (χ2n) is 11.8. The fourth-order valence-corrected chi connectivity index (χ4v) is 5.67. The van der Waals surface area contributed by atoms with Crippen LogP contribution in [0.1, 0.15) is 91.2 Å². The van der Waals surface area contributed by atoms with Crippen molar-refractivity contribution in [3.05, 3.63) is 105 Å². The molecule has 7 heteroatoms. The SMILES string of the molecule is CC1CCC[CH-]CCC1.[CH-]=C/C(=C\C=C)C1=NC(C=C)(C(C)CC(C)(C)[C-]=O)c2nnc(C)n2C(/C=C\C)=C1C=C.[CH3-].[Rf].[Y]. The van der Waals surface area contributed by atoms with E-state index in [1.165, 1.54) is 44.6 Å². The summed E-state index contributed by atoms with van der Waals surface area (Å²) < 4.78 is 1.98. The number of aromatic nitrogens is 3. The number of aryl methyl sites for hydroxylation is 1. The molecule has 1 fully saturated rings. The van der Waals surface area contributed by atoms with Gasteiger partial charge < -0.3 is 18.6 Å². The van der Waals surface area contributed by atoms with E-state index in [-0.39, 0.29) is 46.1 Å². The van der Waals surface area contributed by atoms with Gasteiger partial charge in [-0.2, -0.15) is 12.8 Å². The molecule has 0 bridgehead atoms. The molecule has 2 atom stereocenters. The van der Waals surface area contributed by atoms with Gasteiger partial charge in [-0.15, -0.1) is 40.4 Å². The van der Waals surface area contributed by atoms with Crippen molar-refractivity contribution in [3.8, 4) is 0 Å². The first-order valence-corrected chi connectivity index (χ1v) is 14.8. The number of carbonyl (C=O) groups excluding carboxylic acids is 1. The molecule has 2 aliphatic rings. The molecule has 1 saturated carbocycles. The van der Waals surface area contributed by atoms with Gasteiger partial charge in [0.25, 0.3) is 0 Å². The molecule has 2 unspecified atom stereocenters. The summed E-state index contributed by atoms with van der Waals surface area (Å²) in [5.74, 6) is 2.16. The maximum Gasteiger partial charge on any atom is 0.169 e. The van der Waals surface area contributed by atoms with E-state index in [2.05, 4.69) is 49.6 Å². The monoisotopic (exact) mass is 924 g/mol. The minimum atomic E-state index is -0.981. The number of rotatable bonds is 10. The van der Waals surface area contributed by atoms with Crippen molar-refractivity contribution < 1.29 is 37.5 Å². The Kier molecular flexibility index (Phi) is 19.4. The molecule has 5 nitrogen and oxygen atoms in total. The molecular weight excluding hydrogens is 872 g/mol. The zero-order chi connectivity index (χ0) is 30.6. The van der Waals surface area contributed by atoms with Gasteiger partial charge in [0.1, 0.15) is 11.4 Å². The zero-order valence-corrected chi connectivity index (χ0v) is 37.6. The number of nitrogens with zero attached hydrogens (tertiary/aromatic N) is 4. The molecule has 44 heavy (non-hydrogen) atoms. The average molecular weight is 925 g/mol. The van der Waals surface area contributed by atoms with Crippen LogP contribution in [0.2, 0.25) is 0 Å². The van der Waals surface area contributed by atoms with Crippen LogP contribution in [0.25, 0.3) is 5.70 Å². The Balaban J connectivity index is 0. The van der Waals surface area contributed by atoms with Crippen LogP contribution >= 0.6 is 0 Å². The predicted octanol–water partition coefficient (Wildman–Crippen LogP) is 9.29. The van der Waals surface area contributed by atoms with Gasteiger partial charge in [-0.3, -0.25) is 22.4 Å². The summed E-state index contributed by atoms with van der Waals surface area (Å²) in [5, 5.41) is 8.90. The van der Waals surface area contributed by atoms with Crippen LogP contribution in [-0.2, 0) is 43.0 Å². The third-order valence-electron chi connectivity index (χ3n) is 7.90. The number of fused-ring (bicyclic) bond motifs is 1. The standard InChI is InChI=1S/C27H32N4O.C9H17.CH3.Rf.Y/c1-10-15-21(12-3)24-22(13-4)23(16-11-2)31-20(7)29-30-25(31)27(14-5,28-24)19(6)17-26(8,9)18-32;1-9-7-5-3-2-4-6-8-9;;;/h3,10-16,19H,1,4-5,17H2,2,6-9H3;2,9H,3-8H2,1H3;1H3;;/q-2;2*-1;;/b16-11-,21-15+;;;;. The van der Waals surface area contributed by atoms with Gasteiger partial charge in [-0.05, 0) is 37.5 Å². The summed E-state index contributed by atoms with van der Waals surface area (Å²) in [6.45, 7) is 30.0. The van der Waals surface area contributed by atoms with E-state index in [1.54, 1.807) is 24.3 Å². The third-order valence-corrected chi connectivity index (χ3v) is 7.90. The Labute approximate surface area is 288 Å². The molecule has 1 aromatic rings. The smallest absolute Gasteiger partial charge is 0.169 e. The van der Waals surface area contributed by atoms with Crippen LogP contribution in [0.5, 0.6) is 0 Å². The Morgan fingerprint density at radius 3 is 2.32 bits per heavy atom. The van der Waals surface area contributed by atoms with Gasteiger partial charge >= 0.3 is 0 Å². The minimum absolute atomic E-state index is 0. The van der Waals surface area contributed by atoms with Crippen molar-refractivity contribution in [1.29, 1.82) is 0 Å². The van der Waals surface area contributed by atoms with Crippen LogP contribution in [0.3, 0.4) is 0 Å². The molecule has 1 radical (unpaired) electrons. The van der Waals surface area contributed by atoms with E-state index < -0.39 is 11.0 Å². The van der Waals surface area contributed by atoms with Crippen molar-refractivity contribution in [1.82, 2.24) is 14.8 Å². The van der Waals surface area contributed by atoms with Gasteiger partial charge in [0, 0.05) is 38.3 Å². The number of hydrogen-bond donors (Lipinski definition) is 0. The van der Waals surface area contributed by atoms with Gasteiger partial charge in [-0.1, -0.05) is 90.7 Å². The molecule has 1 aliphatic carbocycles. The van der Waals surface area contributed by atoms with E-state index in [1.807, 2.05) is 51.3 Å². The maximum atomic E-state index is 11.6. The molecule has 0 N–H and O–H groups in total. The van der Waals surface area contributed by atoms with E-state index in [9.17, 15) is 4.79 Å². The Morgan fingerprint density at radius 1 is 1.23 bits per heavy atom. The van der Waals surface area contributed by atoms with Crippen LogP contribution in [0.4, 0.5) is 0 Å². The van der Waals surface area contributed by atoms with Gasteiger partial charge in [0.15, 0.2) is 5.82 Å². The molecule has 235 valence electrons. The molecule has 3 rings (SSSR count). The zero-order valence-electron chi connectivity index (χ0n) is 28.4. The molecule has 1 aliphatic heterocycles. The fraction of sp³-hybridized carbons (Fsp3) is 0.459. The Hall–Kier alpha value is -3.24. The molecule has 0 spiro atoms. The second kappa shape index (κ2) is 19.9. The van der Waals surface area contributed by atoms with Gasteiger partial charge in [0.2, 0.25) is 0 Å². The van der Waals surface area contributed by atoms with Gasteiger partial charge in [0.05, 0.1) is 5.70 Å². The summed E-state index contributed by atoms with van der Waals surface area (Å²) in [5.41, 5.74) is 1.28. The molecule has 0 aromatic carbocycles. The van der Waals surface area contributed by atoms with Crippen LogP contribution in [0.15, 0.2) is 78.4 Å². The van der Waals surface area contributed by atoms with Crippen LogP contribution in [0, 0.1) is 44.6 Å². The average Bonchev–Trinajstić information content (AvgIpc) is 3.27. The summed E-state index contributed by atoms with van der Waals surface area (Å²) in [7, 11) is 0. The number of aliphatic imine (C=N–C) groups is 1. The normalized spacial score (nSPS) is 19.9. The topological polar surface area (TPSA) is 60.1 Å². The molecule has 1 aromatic heterocycles. The van der Waals surface area contributed by atoms with Crippen molar-refractivity contribution >= 4 is 17.7 Å². The van der Waals surface area contributed by atoms with E-state index in [0.29, 0.717) is 29.4 Å². The van der Waals surface area contributed by atoms with Crippen molar-refractivity contribution in [3.63, 3.8) is 0 Å². The largest absolute Gasteiger partial charge is 0.541 e. The summed E-state index contributed by atoms with van der Waals surface area (Å²) >= 11 is 0. The summed E-state index contributed by atoms with van der Waals surface area (Å²) in [6.07, 6.45) is 26.0. The van der Waals surface area contributed by atoms with Crippen LogP contribution in [-0.4, -0.2) is 26.8 Å². The van der Waals surface area contributed by atoms with Gasteiger partial charge in [-0.25, -0.2) is 6.08 Å². The minimum Gasteiger partial charge on any atom is -0.541 e. The first kappa shape index (κ1) is 42.9. The van der Waals surface area contributed by atoms with Crippen LogP contribution < -0.4 is 0 Å². The Morgan fingerprint density at radius 2 is 1.84 bits per heavy atom. The Bertz CT molecular complexity index is 1230. The first-order chi connectivity index (χ1) is 19.5. The molecule has 0 saturated heterocycles. The summed E-state index contributed by atoms with van der Waals surface area (Å²) in [4.78, 5) is 16.8. The van der Waals surface area contributed by atoms with Crippen molar-refractivity contribution in [2.75, 3.05) is 0 Å². The third kappa shape index (κ3) is 10.2. The maximum absolute atomic E-state index is 11.6. The number of hydrogen-bond acceptors (Lipinski definition) is 4. The molecule has 2 heterocycles. The predicted molar refractivity (Wildman–Crippen MR) is 180 cm³/mol. The van der Waals surface area contributed by atoms with E-state index >= 15 is 0 Å². The quantitative estimate of drug-likeness (QED) is 0.134. The van der Waals surface area contributed by atoms with Crippen molar-refractivity contribution in [2.24, 2.45) is 22.2 Å². The first-order valence-electron chi connectivity index (χ1n) is 14.8. The molecular formula is C37H52N4ORfY-4. The van der Waals surface area contributed by atoms with E-state index in [4.69, 9.17) is 11.6 Å². The fourth-order valence-electron chi connectivity index (χ4n) is 5.67. The van der Waals surface area contributed by atoms with E-state index in [0.717, 1.165) is 17.2 Å².